The van der Waals surface area contributed by atoms with Gasteiger partial charge in [-0.2, -0.15) is 0 Å². The lowest BCUT2D eigenvalue weighted by atomic mass is 9.96. The van der Waals surface area contributed by atoms with E-state index in [0.717, 1.165) is 6.92 Å². The summed E-state index contributed by atoms with van der Waals surface area (Å²) in [5, 5.41) is 2.61. The van der Waals surface area contributed by atoms with Crippen molar-refractivity contribution in [2.45, 2.75) is 58.3 Å². The highest BCUT2D eigenvalue weighted by molar-refractivity contribution is 5.73. The van der Waals surface area contributed by atoms with E-state index in [9.17, 15) is 19.2 Å². The molecule has 1 amide bonds. The highest BCUT2D eigenvalue weighted by atomic mass is 16.7. The summed E-state index contributed by atoms with van der Waals surface area (Å²) in [5.41, 5.74) is 5.33. The second-order valence-electron chi connectivity index (χ2n) is 7.10. The van der Waals surface area contributed by atoms with Gasteiger partial charge in [-0.3, -0.25) is 19.2 Å². The molecule has 0 bridgehead atoms. The minimum Gasteiger partial charge on any atom is -0.463 e. The van der Waals surface area contributed by atoms with Crippen LogP contribution in [0.15, 0.2) is 0 Å². The first kappa shape index (κ1) is 28.7. The molecule has 1 rings (SSSR count). The molecule has 0 spiro atoms. The molecule has 13 nitrogen and oxygen atoms in total. The quantitative estimate of drug-likeness (QED) is 0.171. The first-order valence-corrected chi connectivity index (χ1v) is 10.5. The van der Waals surface area contributed by atoms with Crippen molar-refractivity contribution in [3.8, 4) is 0 Å². The Kier molecular flexibility index (Phi) is 13.5. The number of amides is 1. The van der Waals surface area contributed by atoms with Gasteiger partial charge in [0.05, 0.1) is 33.0 Å². The van der Waals surface area contributed by atoms with Crippen LogP contribution in [0.2, 0.25) is 0 Å². The molecule has 0 aliphatic carbocycles. The van der Waals surface area contributed by atoms with Gasteiger partial charge in [-0.1, -0.05) is 0 Å². The number of carbonyl (C=O) groups excluding carboxylic acids is 4. The maximum absolute atomic E-state index is 11.8. The van der Waals surface area contributed by atoms with Crippen LogP contribution >= 0.6 is 0 Å². The Bertz CT molecular complexity index is 646. The van der Waals surface area contributed by atoms with E-state index in [1.54, 1.807) is 0 Å². The lowest BCUT2D eigenvalue weighted by Gasteiger charge is -2.44. The van der Waals surface area contributed by atoms with Crippen LogP contribution in [0.4, 0.5) is 0 Å². The third-order valence-corrected chi connectivity index (χ3v) is 4.22. The molecule has 5 atom stereocenters. The number of nitrogens with one attached hydrogen (secondary N) is 1. The van der Waals surface area contributed by atoms with Crippen molar-refractivity contribution in [3.05, 3.63) is 0 Å². The molecule has 3 N–H and O–H groups in total. The zero-order chi connectivity index (χ0) is 24.8. The number of hydrogen-bond donors (Lipinski definition) is 2. The van der Waals surface area contributed by atoms with E-state index in [-0.39, 0.29) is 19.8 Å². The van der Waals surface area contributed by atoms with Crippen LogP contribution in [0.25, 0.3) is 0 Å². The van der Waals surface area contributed by atoms with Gasteiger partial charge in [0.25, 0.3) is 0 Å². The first-order chi connectivity index (χ1) is 15.6. The minimum atomic E-state index is -1.17. The van der Waals surface area contributed by atoms with Crippen molar-refractivity contribution in [2.24, 2.45) is 5.73 Å². The predicted octanol–water partition coefficient (Wildman–Crippen LogP) is -1.35. The lowest BCUT2D eigenvalue weighted by Crippen LogP contribution is -2.66. The Morgan fingerprint density at radius 2 is 1.39 bits per heavy atom. The van der Waals surface area contributed by atoms with Gasteiger partial charge in [-0.05, 0) is 0 Å². The standard InChI is InChI=1S/C20H34N2O11/c1-12(23)22-17-19(32-15(4)26)18(31-14(3)25)16(11-30-13(2)24)33-20(17)29-10-9-28-8-7-27-6-5-21/h16-20H,5-11,21H2,1-4H3,(H,22,23)/t16-,17+,18-,19-,20-/m1/s1. The molecule has 0 aromatic heterocycles. The Morgan fingerprint density at radius 3 is 1.94 bits per heavy atom. The normalized spacial score (nSPS) is 24.6. The van der Waals surface area contributed by atoms with Crippen LogP contribution in [0.5, 0.6) is 0 Å². The number of nitrogens with two attached hydrogens (primary N) is 1. The van der Waals surface area contributed by atoms with E-state index in [0.29, 0.717) is 26.4 Å². The number of ether oxygens (including phenoxy) is 7. The molecular formula is C20H34N2O11. The molecule has 1 saturated heterocycles. The van der Waals surface area contributed by atoms with Crippen molar-refractivity contribution in [1.29, 1.82) is 0 Å². The summed E-state index contributed by atoms with van der Waals surface area (Å²) in [4.78, 5) is 46.6. The fraction of sp³-hybridized carbons (Fsp3) is 0.800. The van der Waals surface area contributed by atoms with Crippen LogP contribution in [-0.4, -0.2) is 101 Å². The molecule has 190 valence electrons. The summed E-state index contributed by atoms with van der Waals surface area (Å²) in [5.74, 6) is -2.40. The van der Waals surface area contributed by atoms with E-state index in [4.69, 9.17) is 38.9 Å². The average Bonchev–Trinajstić information content (AvgIpc) is 2.71. The summed E-state index contributed by atoms with van der Waals surface area (Å²) < 4.78 is 37.9. The molecule has 33 heavy (non-hydrogen) atoms. The van der Waals surface area contributed by atoms with E-state index >= 15 is 0 Å². The van der Waals surface area contributed by atoms with Gasteiger partial charge >= 0.3 is 17.9 Å². The summed E-state index contributed by atoms with van der Waals surface area (Å²) in [6, 6.07) is -1.02. The van der Waals surface area contributed by atoms with E-state index in [1.807, 2.05) is 0 Å². The Balaban J connectivity index is 2.95. The molecule has 0 unspecified atom stereocenters. The number of hydrogen-bond acceptors (Lipinski definition) is 12. The van der Waals surface area contributed by atoms with E-state index < -0.39 is 54.5 Å². The SMILES string of the molecule is CC(=O)N[C@@H]1[C@H](OCCOCCOCCN)O[C@H](COC(C)=O)[C@@H](OC(C)=O)[C@@H]1OC(C)=O. The molecule has 13 heteroatoms. The highest BCUT2D eigenvalue weighted by Crippen LogP contribution is 2.28. The van der Waals surface area contributed by atoms with Crippen LogP contribution in [-0.2, 0) is 52.3 Å². The van der Waals surface area contributed by atoms with Crippen LogP contribution < -0.4 is 11.1 Å². The first-order valence-electron chi connectivity index (χ1n) is 10.5. The molecule has 0 radical (unpaired) electrons. The lowest BCUT2D eigenvalue weighted by molar-refractivity contribution is -0.279. The maximum atomic E-state index is 11.8. The second kappa shape index (κ2) is 15.5. The van der Waals surface area contributed by atoms with Crippen LogP contribution in [0.1, 0.15) is 27.7 Å². The molecule has 1 fully saturated rings. The zero-order valence-corrected chi connectivity index (χ0v) is 19.4. The van der Waals surface area contributed by atoms with Gasteiger partial charge in [-0.25, -0.2) is 0 Å². The number of carbonyl (C=O) groups is 4. The third kappa shape index (κ3) is 11.4. The molecule has 0 saturated carbocycles. The van der Waals surface area contributed by atoms with E-state index in [1.165, 1.54) is 20.8 Å². The molecule has 1 heterocycles. The zero-order valence-electron chi connectivity index (χ0n) is 19.4. The third-order valence-electron chi connectivity index (χ3n) is 4.22. The summed E-state index contributed by atoms with van der Waals surface area (Å²) in [6.45, 7) is 6.28. The monoisotopic (exact) mass is 478 g/mol. The fourth-order valence-corrected chi connectivity index (χ4v) is 3.06. The second-order valence-corrected chi connectivity index (χ2v) is 7.10. The van der Waals surface area contributed by atoms with Crippen LogP contribution in [0.3, 0.4) is 0 Å². The maximum Gasteiger partial charge on any atom is 0.303 e. The summed E-state index contributed by atoms with van der Waals surface area (Å²) >= 11 is 0. The van der Waals surface area contributed by atoms with Gasteiger partial charge in [0, 0.05) is 34.2 Å². The van der Waals surface area contributed by atoms with Crippen LogP contribution in [0, 0.1) is 0 Å². The van der Waals surface area contributed by atoms with Crippen molar-refractivity contribution in [2.75, 3.05) is 46.2 Å². The molecule has 1 aliphatic heterocycles. The van der Waals surface area contributed by atoms with Gasteiger partial charge in [-0.15, -0.1) is 0 Å². The molecule has 1 aliphatic rings. The van der Waals surface area contributed by atoms with Gasteiger partial charge in [0.2, 0.25) is 5.91 Å². The smallest absolute Gasteiger partial charge is 0.303 e. The van der Waals surface area contributed by atoms with Gasteiger partial charge in [0.15, 0.2) is 18.5 Å². The van der Waals surface area contributed by atoms with Crippen molar-refractivity contribution >= 4 is 23.8 Å². The summed E-state index contributed by atoms with van der Waals surface area (Å²) in [7, 11) is 0. The Morgan fingerprint density at radius 1 is 0.818 bits per heavy atom. The Hall–Kier alpha value is -2.32. The Labute approximate surface area is 192 Å². The minimum absolute atomic E-state index is 0.0585. The number of rotatable bonds is 14. The topological polar surface area (TPSA) is 171 Å². The number of esters is 3. The molecular weight excluding hydrogens is 444 g/mol. The molecule has 0 aromatic rings. The van der Waals surface area contributed by atoms with Gasteiger partial charge in [0.1, 0.15) is 18.8 Å². The summed E-state index contributed by atoms with van der Waals surface area (Å²) in [6.07, 6.45) is -4.48. The van der Waals surface area contributed by atoms with Crippen molar-refractivity contribution in [1.82, 2.24) is 5.32 Å². The van der Waals surface area contributed by atoms with E-state index in [2.05, 4.69) is 5.32 Å². The van der Waals surface area contributed by atoms with Crippen molar-refractivity contribution in [3.63, 3.8) is 0 Å². The average molecular weight is 478 g/mol. The predicted molar refractivity (Wildman–Crippen MR) is 111 cm³/mol. The van der Waals surface area contributed by atoms with Gasteiger partial charge < -0.3 is 44.2 Å². The van der Waals surface area contributed by atoms with Crippen molar-refractivity contribution < 1.29 is 52.3 Å². The molecule has 0 aromatic carbocycles. The highest BCUT2D eigenvalue weighted by Gasteiger charge is 2.51. The fourth-order valence-electron chi connectivity index (χ4n) is 3.06. The largest absolute Gasteiger partial charge is 0.463 e.